The number of rotatable bonds is 3. The van der Waals surface area contributed by atoms with Crippen molar-refractivity contribution in [2.45, 2.75) is 65.4 Å². The van der Waals surface area contributed by atoms with Gasteiger partial charge in [0.1, 0.15) is 0 Å². The average Bonchev–Trinajstić information content (AvgIpc) is 2.36. The van der Waals surface area contributed by atoms with E-state index in [9.17, 15) is 5.11 Å². The lowest BCUT2D eigenvalue weighted by Gasteiger charge is -2.45. The second-order valence-corrected chi connectivity index (χ2v) is 7.22. The molecule has 1 nitrogen and oxygen atoms in total. The fourth-order valence-corrected chi connectivity index (χ4v) is 3.43. The lowest BCUT2D eigenvalue weighted by atomic mass is 9.64. The van der Waals surface area contributed by atoms with Crippen molar-refractivity contribution < 1.29 is 5.11 Å². The van der Waals surface area contributed by atoms with Gasteiger partial charge in [-0.15, -0.1) is 0 Å². The van der Waals surface area contributed by atoms with Crippen LogP contribution in [0.5, 0.6) is 0 Å². The van der Waals surface area contributed by atoms with E-state index in [2.05, 4.69) is 52.0 Å². The first-order valence-corrected chi connectivity index (χ1v) is 7.65. The molecular weight excluding hydrogens is 232 g/mol. The van der Waals surface area contributed by atoms with Gasteiger partial charge in [-0.25, -0.2) is 0 Å². The molecule has 0 aromatic heterocycles. The van der Waals surface area contributed by atoms with E-state index < -0.39 is 5.60 Å². The smallest absolute Gasteiger partial charge is 0.0713 e. The van der Waals surface area contributed by atoms with E-state index in [-0.39, 0.29) is 0 Å². The van der Waals surface area contributed by atoms with Gasteiger partial charge in [-0.05, 0) is 48.1 Å². The maximum absolute atomic E-state index is 11.0. The van der Waals surface area contributed by atoms with Crippen LogP contribution < -0.4 is 0 Å². The van der Waals surface area contributed by atoms with Crippen molar-refractivity contribution in [1.29, 1.82) is 0 Å². The first-order valence-electron chi connectivity index (χ1n) is 7.65. The normalized spacial score (nSPS) is 30.3. The Labute approximate surface area is 118 Å². The van der Waals surface area contributed by atoms with Crippen molar-refractivity contribution in [2.24, 2.45) is 11.3 Å². The molecular formula is C18H28O. The Morgan fingerprint density at radius 3 is 2.21 bits per heavy atom. The van der Waals surface area contributed by atoms with Gasteiger partial charge >= 0.3 is 0 Å². The first kappa shape index (κ1) is 14.6. The molecule has 0 saturated heterocycles. The summed E-state index contributed by atoms with van der Waals surface area (Å²) >= 11 is 0. The molecule has 2 rings (SSSR count). The zero-order valence-electron chi connectivity index (χ0n) is 12.9. The third-order valence-electron chi connectivity index (χ3n) is 4.95. The largest absolute Gasteiger partial charge is 0.389 e. The lowest BCUT2D eigenvalue weighted by molar-refractivity contribution is -0.0704. The number of hydrogen-bond donors (Lipinski definition) is 1. The standard InChI is InChI=1S/C18H28O/c1-5-15-6-8-16(9-7-15)13-18(19)11-10-17(3,4)12-14(18)2/h6-9,14,19H,5,10-13H2,1-4H3. The summed E-state index contributed by atoms with van der Waals surface area (Å²) in [5.74, 6) is 0.377. The molecule has 106 valence electrons. The molecule has 1 heteroatoms. The highest BCUT2D eigenvalue weighted by Crippen LogP contribution is 2.45. The summed E-state index contributed by atoms with van der Waals surface area (Å²) in [7, 11) is 0. The first-order chi connectivity index (χ1) is 8.85. The van der Waals surface area contributed by atoms with Crippen LogP contribution in [0.25, 0.3) is 0 Å². The lowest BCUT2D eigenvalue weighted by Crippen LogP contribution is -2.45. The van der Waals surface area contributed by atoms with Gasteiger partial charge in [0.2, 0.25) is 0 Å². The van der Waals surface area contributed by atoms with E-state index in [1.807, 2.05) is 0 Å². The summed E-state index contributed by atoms with van der Waals surface area (Å²) in [5, 5.41) is 11.0. The molecule has 19 heavy (non-hydrogen) atoms. The molecule has 1 aliphatic rings. The van der Waals surface area contributed by atoms with E-state index in [1.54, 1.807) is 0 Å². The van der Waals surface area contributed by atoms with Crippen LogP contribution in [0.4, 0.5) is 0 Å². The molecule has 1 aliphatic carbocycles. The minimum Gasteiger partial charge on any atom is -0.389 e. The molecule has 0 spiro atoms. The predicted octanol–water partition coefficient (Wildman–Crippen LogP) is 4.37. The maximum Gasteiger partial charge on any atom is 0.0713 e. The zero-order chi connectivity index (χ0) is 14.1. The van der Waals surface area contributed by atoms with Crippen molar-refractivity contribution >= 4 is 0 Å². The minimum absolute atomic E-state index is 0.377. The second kappa shape index (κ2) is 5.28. The summed E-state index contributed by atoms with van der Waals surface area (Å²) in [6.07, 6.45) is 5.05. The van der Waals surface area contributed by atoms with Crippen LogP contribution in [0.15, 0.2) is 24.3 Å². The Hall–Kier alpha value is -0.820. The Balaban J connectivity index is 2.08. The Morgan fingerprint density at radius 1 is 1.11 bits per heavy atom. The number of aryl methyl sites for hydroxylation is 1. The third-order valence-corrected chi connectivity index (χ3v) is 4.95. The molecule has 0 radical (unpaired) electrons. The molecule has 1 aromatic carbocycles. The fraction of sp³-hybridized carbons (Fsp3) is 0.667. The maximum atomic E-state index is 11.0. The van der Waals surface area contributed by atoms with Gasteiger partial charge in [0.25, 0.3) is 0 Å². The van der Waals surface area contributed by atoms with Crippen molar-refractivity contribution in [3.8, 4) is 0 Å². The van der Waals surface area contributed by atoms with Gasteiger partial charge in [-0.3, -0.25) is 0 Å². The van der Waals surface area contributed by atoms with Crippen molar-refractivity contribution in [1.82, 2.24) is 0 Å². The van der Waals surface area contributed by atoms with Gasteiger partial charge in [0.15, 0.2) is 0 Å². The van der Waals surface area contributed by atoms with E-state index in [1.165, 1.54) is 11.1 Å². The number of hydrogen-bond acceptors (Lipinski definition) is 1. The molecule has 0 bridgehead atoms. The van der Waals surface area contributed by atoms with Crippen molar-refractivity contribution in [3.05, 3.63) is 35.4 Å². The van der Waals surface area contributed by atoms with Crippen LogP contribution in [0, 0.1) is 11.3 Å². The van der Waals surface area contributed by atoms with Crippen LogP contribution >= 0.6 is 0 Å². The van der Waals surface area contributed by atoms with Gasteiger partial charge in [-0.1, -0.05) is 52.0 Å². The van der Waals surface area contributed by atoms with Crippen LogP contribution in [0.2, 0.25) is 0 Å². The van der Waals surface area contributed by atoms with Crippen LogP contribution in [-0.4, -0.2) is 10.7 Å². The highest BCUT2D eigenvalue weighted by molar-refractivity contribution is 5.24. The minimum atomic E-state index is -0.511. The number of benzene rings is 1. The van der Waals surface area contributed by atoms with E-state index in [0.717, 1.165) is 32.1 Å². The van der Waals surface area contributed by atoms with Crippen molar-refractivity contribution in [2.75, 3.05) is 0 Å². The third kappa shape index (κ3) is 3.39. The van der Waals surface area contributed by atoms with Gasteiger partial charge in [-0.2, -0.15) is 0 Å². The Kier molecular flexibility index (Phi) is 4.06. The quantitative estimate of drug-likeness (QED) is 0.855. The van der Waals surface area contributed by atoms with Gasteiger partial charge in [0, 0.05) is 6.42 Å². The molecule has 1 aromatic rings. The number of aliphatic hydroxyl groups is 1. The molecule has 0 heterocycles. The highest BCUT2D eigenvalue weighted by atomic mass is 16.3. The van der Waals surface area contributed by atoms with Crippen molar-refractivity contribution in [3.63, 3.8) is 0 Å². The summed E-state index contributed by atoms with van der Waals surface area (Å²) in [6.45, 7) is 9.02. The van der Waals surface area contributed by atoms with E-state index >= 15 is 0 Å². The summed E-state index contributed by atoms with van der Waals surface area (Å²) < 4.78 is 0. The van der Waals surface area contributed by atoms with E-state index in [4.69, 9.17) is 0 Å². The van der Waals surface area contributed by atoms with Crippen LogP contribution in [0.3, 0.4) is 0 Å². The van der Waals surface area contributed by atoms with Gasteiger partial charge in [0.05, 0.1) is 5.60 Å². The Bertz CT molecular complexity index is 418. The SMILES string of the molecule is CCc1ccc(CC2(O)CCC(C)(C)CC2C)cc1. The Morgan fingerprint density at radius 2 is 1.68 bits per heavy atom. The highest BCUT2D eigenvalue weighted by Gasteiger charge is 2.42. The monoisotopic (exact) mass is 260 g/mol. The average molecular weight is 260 g/mol. The molecule has 1 N–H and O–H groups in total. The zero-order valence-corrected chi connectivity index (χ0v) is 12.9. The molecule has 0 amide bonds. The fourth-order valence-electron chi connectivity index (χ4n) is 3.43. The van der Waals surface area contributed by atoms with Crippen LogP contribution in [-0.2, 0) is 12.8 Å². The predicted molar refractivity (Wildman–Crippen MR) is 81.3 cm³/mol. The summed E-state index contributed by atoms with van der Waals surface area (Å²) in [6, 6.07) is 8.75. The second-order valence-electron chi connectivity index (χ2n) is 7.22. The van der Waals surface area contributed by atoms with Crippen LogP contribution in [0.1, 0.15) is 58.1 Å². The van der Waals surface area contributed by atoms with Gasteiger partial charge < -0.3 is 5.11 Å². The molecule has 0 aliphatic heterocycles. The molecule has 2 atom stereocenters. The molecule has 1 fully saturated rings. The van der Waals surface area contributed by atoms with E-state index in [0.29, 0.717) is 11.3 Å². The topological polar surface area (TPSA) is 20.2 Å². The molecule has 2 unspecified atom stereocenters. The summed E-state index contributed by atoms with van der Waals surface area (Å²) in [5.41, 5.74) is 2.51. The molecule has 1 saturated carbocycles. The summed E-state index contributed by atoms with van der Waals surface area (Å²) in [4.78, 5) is 0.